The first-order valence-corrected chi connectivity index (χ1v) is 10.5. The minimum absolute atomic E-state index is 0.0855. The van der Waals surface area contributed by atoms with Crippen molar-refractivity contribution in [2.24, 2.45) is 17.8 Å². The predicted octanol–water partition coefficient (Wildman–Crippen LogP) is 2.13. The number of anilines is 1. The van der Waals surface area contributed by atoms with Gasteiger partial charge in [-0.25, -0.2) is 0 Å². The summed E-state index contributed by atoms with van der Waals surface area (Å²) < 4.78 is 6.17. The maximum absolute atomic E-state index is 12.2. The molecule has 3 unspecified atom stereocenters. The van der Waals surface area contributed by atoms with Gasteiger partial charge < -0.3 is 14.7 Å². The molecule has 5 bridgehead atoms. The number of aliphatic hydroxyl groups excluding tert-OH is 1. The lowest BCUT2D eigenvalue weighted by Crippen LogP contribution is -2.72. The first-order valence-electron chi connectivity index (χ1n) is 10.5. The van der Waals surface area contributed by atoms with Crippen LogP contribution in [0.25, 0.3) is 0 Å². The normalized spacial score (nSPS) is 50.7. The number of para-hydroxylation sites is 1. The summed E-state index contributed by atoms with van der Waals surface area (Å²) in [5.41, 5.74) is 2.49. The fourth-order valence-corrected chi connectivity index (χ4v) is 8.21. The van der Waals surface area contributed by atoms with Crippen LogP contribution in [0.3, 0.4) is 0 Å². The number of nitrogens with zero attached hydrogens (tertiary/aromatic N) is 2. The van der Waals surface area contributed by atoms with Crippen molar-refractivity contribution >= 4 is 11.7 Å². The second-order valence-corrected chi connectivity index (χ2v) is 9.39. The third kappa shape index (κ3) is 1.64. The molecule has 1 saturated carbocycles. The number of fused-ring (bicyclic) bond motifs is 2. The minimum Gasteiger partial charge on any atom is -0.461 e. The van der Waals surface area contributed by atoms with Gasteiger partial charge in [0.25, 0.3) is 0 Å². The Hall–Kier alpha value is -1.59. The summed E-state index contributed by atoms with van der Waals surface area (Å²) in [4.78, 5) is 17.0. The smallest absolute Gasteiger partial charge is 0.302 e. The van der Waals surface area contributed by atoms with Gasteiger partial charge in [0.2, 0.25) is 0 Å². The molecule has 10 atom stereocenters. The van der Waals surface area contributed by atoms with E-state index >= 15 is 0 Å². The largest absolute Gasteiger partial charge is 0.461 e. The van der Waals surface area contributed by atoms with Gasteiger partial charge in [0, 0.05) is 43.6 Å². The fourth-order valence-electron chi connectivity index (χ4n) is 8.21. The lowest BCUT2D eigenvalue weighted by Gasteiger charge is -2.62. The van der Waals surface area contributed by atoms with Crippen molar-refractivity contribution in [1.82, 2.24) is 4.90 Å². The molecule has 5 fully saturated rings. The van der Waals surface area contributed by atoms with Crippen LogP contribution in [0.4, 0.5) is 5.69 Å². The Kier molecular flexibility index (Phi) is 3.07. The first-order chi connectivity index (χ1) is 13.0. The van der Waals surface area contributed by atoms with Gasteiger partial charge >= 0.3 is 5.97 Å². The zero-order valence-electron chi connectivity index (χ0n) is 16.2. The molecule has 5 heterocycles. The van der Waals surface area contributed by atoms with E-state index in [9.17, 15) is 9.90 Å². The lowest BCUT2D eigenvalue weighted by atomic mass is 9.62. The molecular weight excluding hydrogens is 340 g/mol. The topological polar surface area (TPSA) is 53.0 Å². The fraction of sp³-hybridized carbons (Fsp3) is 0.682. The Bertz CT molecular complexity index is 828. The highest BCUT2D eigenvalue weighted by Gasteiger charge is 2.77. The molecule has 1 N–H and O–H groups in total. The number of hydrogen-bond donors (Lipinski definition) is 1. The monoisotopic (exact) mass is 368 g/mol. The minimum atomic E-state index is -0.355. The van der Waals surface area contributed by atoms with E-state index in [2.05, 4.69) is 48.0 Å². The Morgan fingerprint density at radius 1 is 1.33 bits per heavy atom. The molecule has 1 aliphatic carbocycles. The van der Waals surface area contributed by atoms with Gasteiger partial charge in [-0.15, -0.1) is 0 Å². The highest BCUT2D eigenvalue weighted by atomic mass is 16.5. The van der Waals surface area contributed by atoms with Crippen LogP contribution in [0.5, 0.6) is 0 Å². The van der Waals surface area contributed by atoms with E-state index in [0.717, 1.165) is 19.3 Å². The van der Waals surface area contributed by atoms with Crippen molar-refractivity contribution in [3.8, 4) is 0 Å². The third-order valence-corrected chi connectivity index (χ3v) is 8.72. The van der Waals surface area contributed by atoms with Gasteiger partial charge in [-0.3, -0.25) is 9.69 Å². The molecule has 5 nitrogen and oxygen atoms in total. The van der Waals surface area contributed by atoms with Crippen LogP contribution in [-0.2, 0) is 14.9 Å². The molecule has 4 saturated heterocycles. The molecule has 27 heavy (non-hydrogen) atoms. The highest BCUT2D eigenvalue weighted by Crippen LogP contribution is 2.69. The van der Waals surface area contributed by atoms with Crippen molar-refractivity contribution in [1.29, 1.82) is 0 Å². The van der Waals surface area contributed by atoms with E-state index in [1.807, 2.05) is 0 Å². The van der Waals surface area contributed by atoms with Crippen molar-refractivity contribution in [2.75, 3.05) is 11.9 Å². The van der Waals surface area contributed by atoms with Gasteiger partial charge in [-0.1, -0.05) is 25.1 Å². The second-order valence-electron chi connectivity index (χ2n) is 9.39. The molecule has 0 amide bonds. The van der Waals surface area contributed by atoms with E-state index in [1.54, 1.807) is 6.92 Å². The Balaban J connectivity index is 1.60. The van der Waals surface area contributed by atoms with E-state index in [-0.39, 0.29) is 35.7 Å². The number of likely N-dealkylation sites (N-methyl/N-ethyl adjacent to an activating group) is 1. The summed E-state index contributed by atoms with van der Waals surface area (Å²) in [5, 5.41) is 11.2. The van der Waals surface area contributed by atoms with Crippen molar-refractivity contribution < 1.29 is 14.6 Å². The number of esters is 1. The van der Waals surface area contributed by atoms with Gasteiger partial charge in [0.05, 0.1) is 11.5 Å². The number of rotatable bonds is 2. The van der Waals surface area contributed by atoms with Gasteiger partial charge in [-0.05, 0) is 36.8 Å². The van der Waals surface area contributed by atoms with Crippen molar-refractivity contribution in [3.05, 3.63) is 29.8 Å². The third-order valence-electron chi connectivity index (χ3n) is 8.72. The molecule has 1 spiro atoms. The number of carbonyl (C=O) groups is 1. The zero-order chi connectivity index (χ0) is 18.7. The summed E-state index contributed by atoms with van der Waals surface area (Å²) in [6, 6.07) is 9.60. The molecule has 144 valence electrons. The van der Waals surface area contributed by atoms with E-state index < -0.39 is 0 Å². The van der Waals surface area contributed by atoms with Crippen molar-refractivity contribution in [3.63, 3.8) is 0 Å². The first kappa shape index (κ1) is 16.4. The second kappa shape index (κ2) is 5.06. The standard InChI is InChI=1S/C22H28N2O3/c1-4-12-13-9-16-19-22(14-7-5-6-8-15(14)23(19)3)10-17(24(16)21(12)26)18(13)20(22)27-11(2)25/h5-8,12-13,16-21,26H,4,9-10H2,1-3H3/t12-,13-,16-,17-,18?,19-,20?,21+,22+/m0/s1. The van der Waals surface area contributed by atoms with Crippen LogP contribution in [0.2, 0.25) is 0 Å². The molecule has 1 aromatic carbocycles. The summed E-state index contributed by atoms with van der Waals surface area (Å²) in [5.74, 6) is 0.897. The van der Waals surface area contributed by atoms with Crippen LogP contribution in [0.15, 0.2) is 24.3 Å². The molecule has 5 aliphatic heterocycles. The van der Waals surface area contributed by atoms with Crippen LogP contribution in [0, 0.1) is 17.8 Å². The Morgan fingerprint density at radius 3 is 2.85 bits per heavy atom. The Labute approximate surface area is 160 Å². The van der Waals surface area contributed by atoms with Crippen LogP contribution in [-0.4, -0.2) is 53.5 Å². The predicted molar refractivity (Wildman–Crippen MR) is 101 cm³/mol. The molecule has 1 aromatic rings. The van der Waals surface area contributed by atoms with Crippen LogP contribution >= 0.6 is 0 Å². The summed E-state index contributed by atoms with van der Waals surface area (Å²) >= 11 is 0. The number of ether oxygens (including phenoxy) is 1. The summed E-state index contributed by atoms with van der Waals surface area (Å²) in [6.45, 7) is 3.74. The van der Waals surface area contributed by atoms with Gasteiger partial charge in [0.1, 0.15) is 12.3 Å². The summed E-state index contributed by atoms with van der Waals surface area (Å²) in [6.07, 6.45) is 2.64. The number of hydrogen-bond acceptors (Lipinski definition) is 5. The maximum Gasteiger partial charge on any atom is 0.302 e. The average Bonchev–Trinajstić information content (AvgIpc) is 3.04. The molecule has 7 rings (SSSR count). The number of benzene rings is 1. The molecular formula is C22H28N2O3. The zero-order valence-corrected chi connectivity index (χ0v) is 16.2. The van der Waals surface area contributed by atoms with E-state index in [4.69, 9.17) is 4.74 Å². The maximum atomic E-state index is 12.2. The molecule has 5 heteroatoms. The highest BCUT2D eigenvalue weighted by molar-refractivity contribution is 5.70. The quantitative estimate of drug-likeness (QED) is 0.811. The lowest BCUT2D eigenvalue weighted by molar-refractivity contribution is -0.212. The van der Waals surface area contributed by atoms with Crippen LogP contribution < -0.4 is 4.90 Å². The molecule has 6 aliphatic rings. The van der Waals surface area contributed by atoms with Gasteiger partial charge in [-0.2, -0.15) is 0 Å². The number of piperidine rings is 4. The summed E-state index contributed by atoms with van der Waals surface area (Å²) in [7, 11) is 2.19. The molecule has 0 radical (unpaired) electrons. The SMILES string of the molecule is CC[C@H]1[C@@H]2C[C@H]3[C@@H]4N(C)c5ccccc5[C@]45C[C@@H](C2C5OC(C)=O)N3[C@@H]1O. The van der Waals surface area contributed by atoms with Crippen molar-refractivity contribution in [2.45, 2.75) is 69.0 Å². The molecule has 0 aromatic heterocycles. The Morgan fingerprint density at radius 2 is 2.11 bits per heavy atom. The number of aliphatic hydroxyl groups is 1. The van der Waals surface area contributed by atoms with Crippen LogP contribution in [0.1, 0.15) is 38.7 Å². The van der Waals surface area contributed by atoms with E-state index in [1.165, 1.54) is 11.3 Å². The number of carbonyl (C=O) groups excluding carboxylic acids is 1. The van der Waals surface area contributed by atoms with Gasteiger partial charge in [0.15, 0.2) is 0 Å². The van der Waals surface area contributed by atoms with E-state index in [0.29, 0.717) is 23.9 Å². The average molecular weight is 368 g/mol.